The zero-order valence-corrected chi connectivity index (χ0v) is 12.5. The fraction of sp³-hybridized carbons (Fsp3) is 0.188. The Morgan fingerprint density at radius 1 is 1.25 bits per heavy atom. The Kier molecular flexibility index (Phi) is 4.69. The normalized spacial score (nSPS) is 10.3. The molecule has 2 rings (SSSR count). The van der Waals surface area contributed by atoms with Crippen molar-refractivity contribution < 1.29 is 4.79 Å². The smallest absolute Gasteiger partial charge is 0.255 e. The summed E-state index contributed by atoms with van der Waals surface area (Å²) in [6.07, 6.45) is 0. The van der Waals surface area contributed by atoms with E-state index in [0.29, 0.717) is 11.3 Å². The van der Waals surface area contributed by atoms with Crippen LogP contribution in [-0.4, -0.2) is 11.7 Å². The summed E-state index contributed by atoms with van der Waals surface area (Å²) in [4.78, 5) is 13.3. The van der Waals surface area contributed by atoms with Gasteiger partial charge in [0.2, 0.25) is 0 Å². The van der Waals surface area contributed by atoms with Crippen LogP contribution < -0.4 is 11.1 Å². The summed E-state index contributed by atoms with van der Waals surface area (Å²) in [5.41, 5.74) is 8.86. The summed E-state index contributed by atoms with van der Waals surface area (Å²) in [6, 6.07) is 13.2. The summed E-state index contributed by atoms with van der Waals surface area (Å²) in [7, 11) is 0. The van der Waals surface area contributed by atoms with Crippen molar-refractivity contribution in [3.63, 3.8) is 0 Å². The number of benzene rings is 2. The van der Waals surface area contributed by atoms with Crippen LogP contribution in [-0.2, 0) is 0 Å². The van der Waals surface area contributed by atoms with Crippen LogP contribution in [0.25, 0.3) is 0 Å². The minimum absolute atomic E-state index is 0.138. The lowest BCUT2D eigenvalue weighted by Gasteiger charge is -2.10. The number of hydrogen-bond donors (Lipinski definition) is 2. The highest BCUT2D eigenvalue weighted by molar-refractivity contribution is 7.99. The first-order valence-electron chi connectivity index (χ1n) is 6.51. The standard InChI is InChI=1S/C16H18N2OS/c1-3-20-15-7-5-4-6-14(15)18-16(19)12-9-8-11(2)13(17)10-12/h4-10H,3,17H2,1-2H3,(H,18,19). The lowest BCUT2D eigenvalue weighted by molar-refractivity contribution is 0.102. The van der Waals surface area contributed by atoms with Crippen LogP contribution in [0.5, 0.6) is 0 Å². The maximum atomic E-state index is 12.3. The highest BCUT2D eigenvalue weighted by atomic mass is 32.2. The highest BCUT2D eigenvalue weighted by Crippen LogP contribution is 2.27. The molecule has 2 aromatic rings. The number of aryl methyl sites for hydroxylation is 1. The van der Waals surface area contributed by atoms with Gasteiger partial charge in [0.15, 0.2) is 0 Å². The first kappa shape index (κ1) is 14.5. The van der Waals surface area contributed by atoms with Crippen molar-refractivity contribution in [1.82, 2.24) is 0 Å². The van der Waals surface area contributed by atoms with Gasteiger partial charge in [-0.1, -0.05) is 25.1 Å². The molecular weight excluding hydrogens is 268 g/mol. The molecule has 0 saturated carbocycles. The predicted molar refractivity (Wildman–Crippen MR) is 86.4 cm³/mol. The third-order valence-corrected chi connectivity index (χ3v) is 3.93. The molecule has 0 atom stereocenters. The van der Waals surface area contributed by atoms with E-state index in [4.69, 9.17) is 5.73 Å². The van der Waals surface area contributed by atoms with Gasteiger partial charge in [0.05, 0.1) is 5.69 Å². The van der Waals surface area contributed by atoms with Crippen LogP contribution in [0.2, 0.25) is 0 Å². The highest BCUT2D eigenvalue weighted by Gasteiger charge is 2.09. The summed E-state index contributed by atoms with van der Waals surface area (Å²) >= 11 is 1.71. The number of nitrogens with two attached hydrogens (primary N) is 1. The first-order valence-corrected chi connectivity index (χ1v) is 7.49. The Morgan fingerprint density at radius 2 is 2.00 bits per heavy atom. The van der Waals surface area contributed by atoms with E-state index >= 15 is 0 Å². The first-order chi connectivity index (χ1) is 9.61. The van der Waals surface area contributed by atoms with Gasteiger partial charge in [-0.2, -0.15) is 0 Å². The molecule has 0 fully saturated rings. The van der Waals surface area contributed by atoms with Crippen molar-refractivity contribution in [2.45, 2.75) is 18.7 Å². The van der Waals surface area contributed by atoms with E-state index in [1.807, 2.05) is 37.3 Å². The van der Waals surface area contributed by atoms with Crippen molar-refractivity contribution in [2.75, 3.05) is 16.8 Å². The van der Waals surface area contributed by atoms with Gasteiger partial charge in [-0.25, -0.2) is 0 Å². The topological polar surface area (TPSA) is 55.1 Å². The van der Waals surface area contributed by atoms with E-state index in [9.17, 15) is 4.79 Å². The molecule has 0 radical (unpaired) electrons. The SMILES string of the molecule is CCSc1ccccc1NC(=O)c1ccc(C)c(N)c1. The van der Waals surface area contributed by atoms with Gasteiger partial charge in [-0.05, 0) is 42.5 Å². The predicted octanol–water partition coefficient (Wildman–Crippen LogP) is 3.94. The Morgan fingerprint density at radius 3 is 2.70 bits per heavy atom. The molecule has 0 bridgehead atoms. The van der Waals surface area contributed by atoms with E-state index in [1.54, 1.807) is 23.9 Å². The zero-order chi connectivity index (χ0) is 14.5. The number of amides is 1. The number of anilines is 2. The van der Waals surface area contributed by atoms with Gasteiger partial charge in [0.25, 0.3) is 5.91 Å². The average molecular weight is 286 g/mol. The molecule has 2 aromatic carbocycles. The van der Waals surface area contributed by atoms with E-state index in [1.165, 1.54) is 0 Å². The fourth-order valence-electron chi connectivity index (χ4n) is 1.83. The molecule has 0 saturated heterocycles. The molecule has 3 N–H and O–H groups in total. The van der Waals surface area contributed by atoms with Crippen molar-refractivity contribution in [1.29, 1.82) is 0 Å². The van der Waals surface area contributed by atoms with Crippen LogP contribution in [0.3, 0.4) is 0 Å². The summed E-state index contributed by atoms with van der Waals surface area (Å²) < 4.78 is 0. The average Bonchev–Trinajstić information content (AvgIpc) is 2.44. The maximum Gasteiger partial charge on any atom is 0.255 e. The largest absolute Gasteiger partial charge is 0.398 e. The molecule has 104 valence electrons. The van der Waals surface area contributed by atoms with Gasteiger partial charge < -0.3 is 11.1 Å². The lowest BCUT2D eigenvalue weighted by Crippen LogP contribution is -2.13. The van der Waals surface area contributed by atoms with Crippen molar-refractivity contribution in [2.24, 2.45) is 0 Å². The molecule has 1 amide bonds. The van der Waals surface area contributed by atoms with Crippen molar-refractivity contribution in [3.8, 4) is 0 Å². The van der Waals surface area contributed by atoms with Crippen LogP contribution in [0.15, 0.2) is 47.4 Å². The van der Waals surface area contributed by atoms with Gasteiger partial charge in [0.1, 0.15) is 0 Å². The van der Waals surface area contributed by atoms with Gasteiger partial charge in [-0.3, -0.25) is 4.79 Å². The molecule has 3 nitrogen and oxygen atoms in total. The van der Waals surface area contributed by atoms with Gasteiger partial charge >= 0.3 is 0 Å². The number of carbonyl (C=O) groups excluding carboxylic acids is 1. The second kappa shape index (κ2) is 6.48. The van der Waals surface area contributed by atoms with Crippen LogP contribution in [0.1, 0.15) is 22.8 Å². The molecule has 0 unspecified atom stereocenters. The van der Waals surface area contributed by atoms with E-state index in [2.05, 4.69) is 12.2 Å². The number of hydrogen-bond acceptors (Lipinski definition) is 3. The minimum Gasteiger partial charge on any atom is -0.398 e. The number of nitrogen functional groups attached to an aromatic ring is 1. The van der Waals surface area contributed by atoms with E-state index in [0.717, 1.165) is 21.9 Å². The third kappa shape index (κ3) is 3.33. The van der Waals surface area contributed by atoms with Crippen molar-refractivity contribution in [3.05, 3.63) is 53.6 Å². The molecular formula is C16H18N2OS. The quantitative estimate of drug-likeness (QED) is 0.661. The molecule has 0 aliphatic carbocycles. The summed E-state index contributed by atoms with van der Waals surface area (Å²) in [6.45, 7) is 4.01. The fourth-order valence-corrected chi connectivity index (χ4v) is 2.59. The molecule has 0 spiro atoms. The number of rotatable bonds is 4. The van der Waals surface area contributed by atoms with E-state index in [-0.39, 0.29) is 5.91 Å². The van der Waals surface area contributed by atoms with Crippen molar-refractivity contribution >= 4 is 29.0 Å². The monoisotopic (exact) mass is 286 g/mol. The number of para-hydroxylation sites is 1. The summed E-state index contributed by atoms with van der Waals surface area (Å²) in [5, 5.41) is 2.94. The lowest BCUT2D eigenvalue weighted by atomic mass is 10.1. The Balaban J connectivity index is 2.21. The molecule has 0 aliphatic heterocycles. The Bertz CT molecular complexity index is 626. The minimum atomic E-state index is -0.138. The third-order valence-electron chi connectivity index (χ3n) is 2.98. The van der Waals surface area contributed by atoms with Crippen LogP contribution >= 0.6 is 11.8 Å². The molecule has 0 aromatic heterocycles. The summed E-state index contributed by atoms with van der Waals surface area (Å²) in [5.74, 6) is 0.825. The Hall–Kier alpha value is -1.94. The Labute approximate surface area is 123 Å². The van der Waals surface area contributed by atoms with Gasteiger partial charge in [-0.15, -0.1) is 11.8 Å². The molecule has 0 aliphatic rings. The number of nitrogens with one attached hydrogen (secondary N) is 1. The maximum absolute atomic E-state index is 12.3. The molecule has 20 heavy (non-hydrogen) atoms. The van der Waals surface area contributed by atoms with Crippen LogP contribution in [0, 0.1) is 6.92 Å². The second-order valence-electron chi connectivity index (χ2n) is 4.45. The zero-order valence-electron chi connectivity index (χ0n) is 11.6. The van der Waals surface area contributed by atoms with Crippen LogP contribution in [0.4, 0.5) is 11.4 Å². The number of carbonyl (C=O) groups is 1. The van der Waals surface area contributed by atoms with E-state index < -0.39 is 0 Å². The molecule has 4 heteroatoms. The second-order valence-corrected chi connectivity index (χ2v) is 5.76. The van der Waals surface area contributed by atoms with Gasteiger partial charge in [0, 0.05) is 16.1 Å². The number of thioether (sulfide) groups is 1. The molecule has 0 heterocycles.